The third kappa shape index (κ3) is 8.72. The highest BCUT2D eigenvalue weighted by Gasteiger charge is 2.61. The van der Waals surface area contributed by atoms with Gasteiger partial charge in [0.15, 0.2) is 0 Å². The molecular weight excluding hydrogens is 447 g/mol. The Morgan fingerprint density at radius 3 is 2.32 bits per heavy atom. The van der Waals surface area contributed by atoms with Crippen molar-refractivity contribution in [2.24, 2.45) is 5.92 Å². The van der Waals surface area contributed by atoms with E-state index < -0.39 is 27.8 Å². The van der Waals surface area contributed by atoms with E-state index in [1.165, 1.54) is 0 Å². The summed E-state index contributed by atoms with van der Waals surface area (Å²) in [4.78, 5) is 36.6. The lowest BCUT2D eigenvalue weighted by molar-refractivity contribution is -0.245. The van der Waals surface area contributed by atoms with Gasteiger partial charge in [0.1, 0.15) is 0 Å². The van der Waals surface area contributed by atoms with Crippen LogP contribution < -0.4 is 0 Å². The number of carbonyl (C=O) groups excluding carboxylic acids is 3. The summed E-state index contributed by atoms with van der Waals surface area (Å²) in [7, 11) is 0. The Labute approximate surface area is 194 Å². The van der Waals surface area contributed by atoms with Crippen molar-refractivity contribution < 1.29 is 34.4 Å². The maximum atomic E-state index is 11.8. The number of cyclic esters (lactones) is 2. The van der Waals surface area contributed by atoms with Crippen molar-refractivity contribution >= 4 is 41.1 Å². The standard InChI is InChI=1S/C22H34Cl2O7/c1-2-3-4-11-14-17(22(24)19(26)30-20(22)27)15-12-9-7-5-6-8-10-13-16-21(23,28)18(25)31-29/h9,12,17,28-29H,2-8,10-11,13-16H2,1H3/b12-9+. The molecule has 0 radical (unpaired) electrons. The third-order valence-electron chi connectivity index (χ3n) is 5.61. The van der Waals surface area contributed by atoms with E-state index in [9.17, 15) is 19.5 Å². The van der Waals surface area contributed by atoms with Crippen molar-refractivity contribution in [3.05, 3.63) is 12.2 Å². The van der Waals surface area contributed by atoms with Crippen LogP contribution in [0.15, 0.2) is 12.2 Å². The molecule has 0 saturated carbocycles. The summed E-state index contributed by atoms with van der Waals surface area (Å²) in [6.45, 7) is 2.13. The molecule has 0 aliphatic carbocycles. The Kier molecular flexibility index (Phi) is 12.7. The molecule has 2 atom stereocenters. The first-order valence-corrected chi connectivity index (χ1v) is 11.8. The molecule has 1 aliphatic heterocycles. The Hall–Kier alpha value is -1.15. The molecule has 1 rings (SSSR count). The molecule has 0 amide bonds. The summed E-state index contributed by atoms with van der Waals surface area (Å²) in [5.41, 5.74) is 0. The van der Waals surface area contributed by atoms with E-state index in [1.807, 2.05) is 12.2 Å². The van der Waals surface area contributed by atoms with Crippen LogP contribution in [0.5, 0.6) is 0 Å². The molecule has 0 spiro atoms. The fourth-order valence-corrected chi connectivity index (χ4v) is 4.05. The molecule has 31 heavy (non-hydrogen) atoms. The van der Waals surface area contributed by atoms with Crippen LogP contribution in [0.2, 0.25) is 0 Å². The average molecular weight is 481 g/mol. The molecule has 0 aromatic carbocycles. The largest absolute Gasteiger partial charge is 0.390 e. The number of rotatable bonds is 17. The van der Waals surface area contributed by atoms with E-state index in [2.05, 4.69) is 16.5 Å². The fraction of sp³-hybridized carbons (Fsp3) is 0.773. The number of aliphatic hydroxyl groups is 1. The van der Waals surface area contributed by atoms with Gasteiger partial charge in [-0.05, 0) is 32.1 Å². The number of hydrogen-bond acceptors (Lipinski definition) is 7. The van der Waals surface area contributed by atoms with Crippen molar-refractivity contribution in [1.29, 1.82) is 0 Å². The van der Waals surface area contributed by atoms with Crippen LogP contribution >= 0.6 is 23.2 Å². The molecule has 0 aromatic rings. The van der Waals surface area contributed by atoms with Gasteiger partial charge in [-0.1, -0.05) is 87.2 Å². The summed E-state index contributed by atoms with van der Waals surface area (Å²) in [5, 5.41) is 15.7. The van der Waals surface area contributed by atoms with E-state index in [0.29, 0.717) is 19.3 Å². The summed E-state index contributed by atoms with van der Waals surface area (Å²) >= 11 is 11.9. The van der Waals surface area contributed by atoms with Gasteiger partial charge in [0.05, 0.1) is 0 Å². The number of carbonyl (C=O) groups is 3. The van der Waals surface area contributed by atoms with Gasteiger partial charge in [-0.3, -0.25) is 4.89 Å². The van der Waals surface area contributed by atoms with Crippen LogP contribution in [0.25, 0.3) is 0 Å². The average Bonchev–Trinajstić information content (AvgIpc) is 2.75. The van der Waals surface area contributed by atoms with Crippen molar-refractivity contribution in [2.45, 2.75) is 100 Å². The minimum Gasteiger partial charge on any atom is -0.390 e. The Bertz CT molecular complexity index is 605. The zero-order valence-electron chi connectivity index (χ0n) is 18.1. The topological polar surface area (TPSA) is 110 Å². The van der Waals surface area contributed by atoms with Crippen molar-refractivity contribution in [2.75, 3.05) is 0 Å². The molecule has 1 fully saturated rings. The minimum absolute atomic E-state index is 0.00876. The van der Waals surface area contributed by atoms with Gasteiger partial charge in [-0.15, -0.1) is 0 Å². The highest BCUT2D eigenvalue weighted by atomic mass is 35.5. The van der Waals surface area contributed by atoms with E-state index in [0.717, 1.165) is 57.8 Å². The molecule has 9 heteroatoms. The quantitative estimate of drug-likeness (QED) is 0.0555. The zero-order valence-corrected chi connectivity index (χ0v) is 19.6. The predicted octanol–water partition coefficient (Wildman–Crippen LogP) is 5.25. The van der Waals surface area contributed by atoms with E-state index in [1.54, 1.807) is 0 Å². The molecule has 178 valence electrons. The lowest BCUT2D eigenvalue weighted by atomic mass is 9.81. The smallest absolute Gasteiger partial charge is 0.388 e. The van der Waals surface area contributed by atoms with Crippen LogP contribution in [-0.4, -0.2) is 38.2 Å². The van der Waals surface area contributed by atoms with E-state index in [4.69, 9.17) is 28.5 Å². The third-order valence-corrected chi connectivity index (χ3v) is 6.57. The van der Waals surface area contributed by atoms with Gasteiger partial charge >= 0.3 is 17.9 Å². The monoisotopic (exact) mass is 480 g/mol. The van der Waals surface area contributed by atoms with Gasteiger partial charge in [-0.25, -0.2) is 14.4 Å². The highest BCUT2D eigenvalue weighted by Crippen LogP contribution is 2.41. The number of hydrogen-bond donors (Lipinski definition) is 2. The lowest BCUT2D eigenvalue weighted by Gasteiger charge is -2.36. The second-order valence-corrected chi connectivity index (χ2v) is 9.31. The Morgan fingerprint density at radius 1 is 1.10 bits per heavy atom. The Morgan fingerprint density at radius 2 is 1.71 bits per heavy atom. The zero-order chi connectivity index (χ0) is 23.3. The second-order valence-electron chi connectivity index (χ2n) is 8.09. The van der Waals surface area contributed by atoms with Gasteiger partial charge in [0.2, 0.25) is 9.93 Å². The van der Waals surface area contributed by atoms with Crippen molar-refractivity contribution in [3.63, 3.8) is 0 Å². The van der Waals surface area contributed by atoms with Gasteiger partial charge in [0, 0.05) is 12.3 Å². The molecule has 2 unspecified atom stereocenters. The summed E-state index contributed by atoms with van der Waals surface area (Å²) in [6, 6.07) is 0. The summed E-state index contributed by atoms with van der Waals surface area (Å²) < 4.78 is 4.50. The number of ether oxygens (including phenoxy) is 1. The molecule has 1 aliphatic rings. The molecule has 2 N–H and O–H groups in total. The number of allylic oxidation sites excluding steroid dienone is 2. The van der Waals surface area contributed by atoms with Crippen molar-refractivity contribution in [3.8, 4) is 0 Å². The molecule has 7 nitrogen and oxygen atoms in total. The second kappa shape index (κ2) is 14.1. The highest BCUT2D eigenvalue weighted by molar-refractivity contribution is 6.50. The maximum Gasteiger partial charge on any atom is 0.388 e. The number of halogens is 2. The van der Waals surface area contributed by atoms with Crippen molar-refractivity contribution in [1.82, 2.24) is 0 Å². The molecule has 1 heterocycles. The molecule has 0 aromatic heterocycles. The predicted molar refractivity (Wildman–Crippen MR) is 118 cm³/mol. The Balaban J connectivity index is 2.27. The first-order valence-electron chi connectivity index (χ1n) is 11.1. The summed E-state index contributed by atoms with van der Waals surface area (Å²) in [5.74, 6) is -2.79. The van der Waals surface area contributed by atoms with Crippen LogP contribution in [0.3, 0.4) is 0 Å². The fourth-order valence-electron chi connectivity index (χ4n) is 3.60. The lowest BCUT2D eigenvalue weighted by Crippen LogP contribution is -2.60. The normalized spacial score (nSPS) is 18.4. The van der Waals surface area contributed by atoms with E-state index >= 15 is 0 Å². The SMILES string of the molecule is CCCCCCC(C/C=C/CCCCCCCC(O)(Cl)C(=O)OO)C1(Cl)C(=O)OC1=O. The first kappa shape index (κ1) is 27.9. The molecular formula is C22H34Cl2O7. The van der Waals surface area contributed by atoms with Crippen LogP contribution in [0.4, 0.5) is 0 Å². The maximum absolute atomic E-state index is 11.8. The van der Waals surface area contributed by atoms with E-state index in [-0.39, 0.29) is 12.3 Å². The molecule has 1 saturated heterocycles. The van der Waals surface area contributed by atoms with Crippen LogP contribution in [0.1, 0.15) is 90.4 Å². The first-order chi connectivity index (χ1) is 14.7. The number of esters is 2. The number of unbranched alkanes of at least 4 members (excludes halogenated alkanes) is 8. The van der Waals surface area contributed by atoms with Crippen LogP contribution in [-0.2, 0) is 24.0 Å². The summed E-state index contributed by atoms with van der Waals surface area (Å²) in [6.07, 6.45) is 14.6. The van der Waals surface area contributed by atoms with Gasteiger partial charge < -0.3 is 9.84 Å². The van der Waals surface area contributed by atoms with Crippen LogP contribution in [0, 0.1) is 5.92 Å². The van der Waals surface area contributed by atoms with Gasteiger partial charge in [-0.2, -0.15) is 5.26 Å². The molecule has 0 bridgehead atoms. The minimum atomic E-state index is -2.18. The van der Waals surface area contributed by atoms with Gasteiger partial charge in [0.25, 0.3) is 0 Å². The number of alkyl halides is 2.